The summed E-state index contributed by atoms with van der Waals surface area (Å²) in [6, 6.07) is 4.17. The van der Waals surface area contributed by atoms with Gasteiger partial charge in [0.15, 0.2) is 5.76 Å². The lowest BCUT2D eigenvalue weighted by Crippen LogP contribution is -2.91. The molecule has 1 fully saturated rings. The zero-order chi connectivity index (χ0) is 12.6. The van der Waals surface area contributed by atoms with Crippen LogP contribution in [0.25, 0.3) is 0 Å². The van der Waals surface area contributed by atoms with Crippen LogP contribution in [-0.2, 0) is 0 Å². The standard InChI is InChI=1S/C14H22N2O2/c17-14(13-8-5-11-18-13)16-10-9-15-12-6-3-1-2-4-7-12/h5,8,11-12,15H,1-4,6-7,9-10H2,(H,16,17)/p+1. The van der Waals surface area contributed by atoms with Crippen LogP contribution in [0.5, 0.6) is 0 Å². The molecule has 1 aliphatic carbocycles. The highest BCUT2D eigenvalue weighted by molar-refractivity contribution is 5.91. The fourth-order valence-electron chi connectivity index (χ4n) is 2.55. The van der Waals surface area contributed by atoms with Crippen molar-refractivity contribution < 1.29 is 14.5 Å². The van der Waals surface area contributed by atoms with E-state index < -0.39 is 0 Å². The van der Waals surface area contributed by atoms with E-state index in [1.165, 1.54) is 44.8 Å². The molecular formula is C14H23N2O2+. The van der Waals surface area contributed by atoms with Gasteiger partial charge < -0.3 is 15.1 Å². The summed E-state index contributed by atoms with van der Waals surface area (Å²) in [7, 11) is 0. The van der Waals surface area contributed by atoms with Crippen LogP contribution in [0.3, 0.4) is 0 Å². The van der Waals surface area contributed by atoms with Gasteiger partial charge in [-0.3, -0.25) is 4.79 Å². The highest BCUT2D eigenvalue weighted by atomic mass is 16.3. The first-order chi connectivity index (χ1) is 8.86. The summed E-state index contributed by atoms with van der Waals surface area (Å²) in [5.41, 5.74) is 0. The molecule has 1 heterocycles. The molecule has 0 atom stereocenters. The molecule has 4 heteroatoms. The summed E-state index contributed by atoms with van der Waals surface area (Å²) < 4.78 is 5.04. The highest BCUT2D eigenvalue weighted by Gasteiger charge is 2.14. The van der Waals surface area contributed by atoms with E-state index in [1.807, 2.05) is 0 Å². The van der Waals surface area contributed by atoms with Crippen LogP contribution < -0.4 is 10.6 Å². The Balaban J connectivity index is 1.59. The zero-order valence-corrected chi connectivity index (χ0v) is 10.9. The smallest absolute Gasteiger partial charge is 0.287 e. The second-order valence-corrected chi connectivity index (χ2v) is 5.01. The molecule has 0 spiro atoms. The van der Waals surface area contributed by atoms with Gasteiger partial charge in [-0.1, -0.05) is 12.8 Å². The third-order valence-corrected chi connectivity index (χ3v) is 3.57. The molecule has 1 aromatic rings. The van der Waals surface area contributed by atoms with Crippen molar-refractivity contribution in [2.45, 2.75) is 44.6 Å². The molecule has 0 radical (unpaired) electrons. The SMILES string of the molecule is O=C(NCC[NH2+]C1CCCCCC1)c1ccco1. The minimum Gasteiger partial charge on any atom is -0.459 e. The Morgan fingerprint density at radius 1 is 1.33 bits per heavy atom. The van der Waals surface area contributed by atoms with Gasteiger partial charge in [-0.05, 0) is 37.8 Å². The molecule has 1 aromatic heterocycles. The van der Waals surface area contributed by atoms with E-state index in [-0.39, 0.29) is 5.91 Å². The predicted molar refractivity (Wildman–Crippen MR) is 69.3 cm³/mol. The van der Waals surface area contributed by atoms with Crippen molar-refractivity contribution in [2.75, 3.05) is 13.1 Å². The molecule has 1 saturated carbocycles. The Hall–Kier alpha value is -1.29. The highest BCUT2D eigenvalue weighted by Crippen LogP contribution is 2.14. The Morgan fingerprint density at radius 2 is 2.11 bits per heavy atom. The fourth-order valence-corrected chi connectivity index (χ4v) is 2.55. The van der Waals surface area contributed by atoms with Crippen molar-refractivity contribution in [2.24, 2.45) is 0 Å². The quantitative estimate of drug-likeness (QED) is 0.612. The van der Waals surface area contributed by atoms with Gasteiger partial charge in [0.2, 0.25) is 0 Å². The van der Waals surface area contributed by atoms with Crippen LogP contribution in [0.2, 0.25) is 0 Å². The number of carbonyl (C=O) groups is 1. The molecule has 1 amide bonds. The van der Waals surface area contributed by atoms with Crippen LogP contribution in [0, 0.1) is 0 Å². The molecule has 1 aliphatic rings. The predicted octanol–water partition coefficient (Wildman–Crippen LogP) is 1.30. The monoisotopic (exact) mass is 251 g/mol. The molecule has 4 nitrogen and oxygen atoms in total. The summed E-state index contributed by atoms with van der Waals surface area (Å²) in [5.74, 6) is 0.277. The molecule has 0 bridgehead atoms. The van der Waals surface area contributed by atoms with E-state index in [2.05, 4.69) is 10.6 Å². The lowest BCUT2D eigenvalue weighted by atomic mass is 10.1. The Morgan fingerprint density at radius 3 is 2.78 bits per heavy atom. The van der Waals surface area contributed by atoms with Gasteiger partial charge in [-0.2, -0.15) is 0 Å². The topological polar surface area (TPSA) is 58.9 Å². The van der Waals surface area contributed by atoms with Gasteiger partial charge in [0.1, 0.15) is 0 Å². The van der Waals surface area contributed by atoms with E-state index in [1.54, 1.807) is 12.1 Å². The number of hydrogen-bond donors (Lipinski definition) is 2. The van der Waals surface area contributed by atoms with Crippen LogP contribution in [0.1, 0.15) is 49.1 Å². The van der Waals surface area contributed by atoms with E-state index in [9.17, 15) is 4.79 Å². The molecule has 0 unspecified atom stereocenters. The molecule has 3 N–H and O–H groups in total. The summed E-state index contributed by atoms with van der Waals surface area (Å²) in [6.45, 7) is 1.66. The number of carbonyl (C=O) groups excluding carboxylic acids is 1. The Bertz CT molecular complexity index is 341. The van der Waals surface area contributed by atoms with Gasteiger partial charge in [0, 0.05) is 0 Å². The molecule has 0 saturated heterocycles. The summed E-state index contributed by atoms with van der Waals surface area (Å²) in [4.78, 5) is 11.6. The molecule has 0 aliphatic heterocycles. The third kappa shape index (κ3) is 4.18. The van der Waals surface area contributed by atoms with Crippen molar-refractivity contribution in [3.8, 4) is 0 Å². The largest absolute Gasteiger partial charge is 0.459 e. The second kappa shape index (κ2) is 7.21. The number of amides is 1. The zero-order valence-electron chi connectivity index (χ0n) is 10.9. The normalized spacial score (nSPS) is 17.3. The van der Waals surface area contributed by atoms with E-state index in [0.29, 0.717) is 12.3 Å². The number of nitrogens with one attached hydrogen (secondary N) is 1. The lowest BCUT2D eigenvalue weighted by Gasteiger charge is -2.12. The third-order valence-electron chi connectivity index (χ3n) is 3.57. The summed E-state index contributed by atoms with van der Waals surface area (Å²) in [6.07, 6.45) is 9.67. The molecule has 2 rings (SSSR count). The summed E-state index contributed by atoms with van der Waals surface area (Å²) in [5, 5.41) is 5.26. The minimum atomic E-state index is -0.116. The summed E-state index contributed by atoms with van der Waals surface area (Å²) >= 11 is 0. The number of quaternary nitrogens is 1. The van der Waals surface area contributed by atoms with E-state index in [0.717, 1.165) is 12.6 Å². The first-order valence-electron chi connectivity index (χ1n) is 7.01. The average Bonchev–Trinajstić information content (AvgIpc) is 2.80. The van der Waals surface area contributed by atoms with Crippen molar-refractivity contribution in [3.63, 3.8) is 0 Å². The minimum absolute atomic E-state index is 0.116. The molecule has 100 valence electrons. The number of rotatable bonds is 5. The van der Waals surface area contributed by atoms with Gasteiger partial charge in [0.25, 0.3) is 5.91 Å². The van der Waals surface area contributed by atoms with Crippen molar-refractivity contribution in [1.82, 2.24) is 5.32 Å². The lowest BCUT2D eigenvalue weighted by molar-refractivity contribution is -0.688. The maximum absolute atomic E-state index is 11.6. The Labute approximate surface area is 108 Å². The molecule has 0 aromatic carbocycles. The van der Waals surface area contributed by atoms with Crippen molar-refractivity contribution in [1.29, 1.82) is 0 Å². The Kier molecular flexibility index (Phi) is 5.27. The number of nitrogens with two attached hydrogens (primary N) is 1. The first-order valence-corrected chi connectivity index (χ1v) is 7.01. The van der Waals surface area contributed by atoms with Crippen molar-refractivity contribution >= 4 is 5.91 Å². The van der Waals surface area contributed by atoms with Crippen LogP contribution in [0.4, 0.5) is 0 Å². The van der Waals surface area contributed by atoms with E-state index >= 15 is 0 Å². The van der Waals surface area contributed by atoms with Crippen LogP contribution >= 0.6 is 0 Å². The maximum atomic E-state index is 11.6. The number of furan rings is 1. The first kappa shape index (κ1) is 13.1. The number of hydrogen-bond acceptors (Lipinski definition) is 2. The van der Waals surface area contributed by atoms with Crippen LogP contribution in [0.15, 0.2) is 22.8 Å². The maximum Gasteiger partial charge on any atom is 0.287 e. The van der Waals surface area contributed by atoms with Crippen LogP contribution in [-0.4, -0.2) is 25.0 Å². The van der Waals surface area contributed by atoms with Gasteiger partial charge >= 0.3 is 0 Å². The van der Waals surface area contributed by atoms with Crippen molar-refractivity contribution in [3.05, 3.63) is 24.2 Å². The molecule has 18 heavy (non-hydrogen) atoms. The fraction of sp³-hybridized carbons (Fsp3) is 0.643. The molecular weight excluding hydrogens is 228 g/mol. The average molecular weight is 251 g/mol. The van der Waals surface area contributed by atoms with Gasteiger partial charge in [0.05, 0.1) is 25.4 Å². The second-order valence-electron chi connectivity index (χ2n) is 5.01. The van der Waals surface area contributed by atoms with E-state index in [4.69, 9.17) is 4.42 Å². The van der Waals surface area contributed by atoms with Gasteiger partial charge in [-0.15, -0.1) is 0 Å². The van der Waals surface area contributed by atoms with Gasteiger partial charge in [-0.25, -0.2) is 0 Å².